The molecule has 0 radical (unpaired) electrons. The van der Waals surface area contributed by atoms with E-state index in [1.54, 1.807) is 0 Å². The number of nitriles is 2. The van der Waals surface area contributed by atoms with E-state index >= 15 is 0 Å². The van der Waals surface area contributed by atoms with Gasteiger partial charge in [0.15, 0.2) is 0 Å². The van der Waals surface area contributed by atoms with Crippen molar-refractivity contribution in [3.8, 4) is 10.8 Å². The zero-order valence-electron chi connectivity index (χ0n) is 3.01. The summed E-state index contributed by atoms with van der Waals surface area (Å²) >= 11 is 7.40. The molecule has 5 heteroatoms. The average Bonchev–Trinajstić information content (AvgIpc) is 1.39. The fourth-order valence-electron chi connectivity index (χ4n) is 0. The maximum atomic E-state index is 7.13. The second kappa shape index (κ2) is 35.2. The SMILES string of the molecule is N#C[S-].N#C[S-].[Ag+]. The number of thiocyanates is 2. The Morgan fingerprint density at radius 2 is 1.00 bits per heavy atom. The van der Waals surface area contributed by atoms with Crippen LogP contribution in [0.15, 0.2) is 0 Å². The van der Waals surface area contributed by atoms with Crippen LogP contribution in [0.4, 0.5) is 0 Å². The minimum atomic E-state index is 0. The molecule has 0 fully saturated rings. The van der Waals surface area contributed by atoms with Crippen LogP contribution < -0.4 is 0 Å². The first-order valence-corrected chi connectivity index (χ1v) is 1.67. The summed E-state index contributed by atoms with van der Waals surface area (Å²) in [7, 11) is 0. The molecule has 0 aromatic heterocycles. The minimum Gasteiger partial charge on any atom is -0.696 e. The van der Waals surface area contributed by atoms with Gasteiger partial charge in [0, 0.05) is 0 Å². The quantitative estimate of drug-likeness (QED) is 0.331. The number of rotatable bonds is 0. The Balaban J connectivity index is -0.0000000400. The number of nitrogens with zero attached hydrogens (tertiary/aromatic N) is 2. The molecule has 0 saturated carbocycles. The van der Waals surface area contributed by atoms with Gasteiger partial charge in [-0.2, -0.15) is 0 Å². The van der Waals surface area contributed by atoms with Crippen molar-refractivity contribution in [3.05, 3.63) is 0 Å². The molecule has 2 nitrogen and oxygen atoms in total. The molecule has 0 aliphatic carbocycles. The summed E-state index contributed by atoms with van der Waals surface area (Å²) in [5.74, 6) is 0. The number of hydrogen-bond acceptors (Lipinski definition) is 4. The normalized spacial score (nSPS) is 2.00. The minimum absolute atomic E-state index is 0. The third-order valence-electron chi connectivity index (χ3n) is 0. The molecule has 0 bridgehead atoms. The summed E-state index contributed by atoms with van der Waals surface area (Å²) in [4.78, 5) is 0. The largest absolute Gasteiger partial charge is 1.00 e. The Morgan fingerprint density at radius 1 is 1.00 bits per heavy atom. The maximum Gasteiger partial charge on any atom is 1.00 e. The predicted molar refractivity (Wildman–Crippen MR) is 26.0 cm³/mol. The van der Waals surface area contributed by atoms with Crippen molar-refractivity contribution >= 4 is 25.3 Å². The Bertz CT molecular complexity index is 68.7. The summed E-state index contributed by atoms with van der Waals surface area (Å²) in [6, 6.07) is 0. The molecule has 42 valence electrons. The molecular formula is C2AgN2S2-. The first kappa shape index (κ1) is 15.7. The molecule has 0 heterocycles. The Labute approximate surface area is 68.8 Å². The van der Waals surface area contributed by atoms with Crippen LogP contribution in [0.5, 0.6) is 0 Å². The maximum absolute atomic E-state index is 7.13. The van der Waals surface area contributed by atoms with Gasteiger partial charge in [0.2, 0.25) is 0 Å². The molecule has 0 unspecified atom stereocenters. The summed E-state index contributed by atoms with van der Waals surface area (Å²) in [5, 5.41) is 16.9. The first-order chi connectivity index (χ1) is 2.83. The van der Waals surface area contributed by atoms with E-state index in [0.29, 0.717) is 0 Å². The second-order valence-corrected chi connectivity index (χ2v) is 0.548. The van der Waals surface area contributed by atoms with Gasteiger partial charge in [-0.3, -0.25) is 0 Å². The third kappa shape index (κ3) is 4150. The van der Waals surface area contributed by atoms with Gasteiger partial charge in [0.1, 0.15) is 0 Å². The van der Waals surface area contributed by atoms with E-state index in [2.05, 4.69) is 25.3 Å². The van der Waals surface area contributed by atoms with E-state index in [9.17, 15) is 0 Å². The van der Waals surface area contributed by atoms with Crippen LogP contribution in [0.2, 0.25) is 0 Å². The molecule has 0 saturated heterocycles. The average molecular weight is 224 g/mol. The summed E-state index contributed by atoms with van der Waals surface area (Å²) in [6.45, 7) is 0. The summed E-state index contributed by atoms with van der Waals surface area (Å²) in [5.41, 5.74) is 0. The monoisotopic (exact) mass is 223 g/mol. The van der Waals surface area contributed by atoms with Gasteiger partial charge < -0.3 is 25.3 Å². The van der Waals surface area contributed by atoms with Gasteiger partial charge in [-0.05, 0) is 0 Å². The van der Waals surface area contributed by atoms with E-state index in [4.69, 9.17) is 10.5 Å². The molecule has 0 rings (SSSR count). The van der Waals surface area contributed by atoms with Crippen LogP contribution in [0.25, 0.3) is 0 Å². The van der Waals surface area contributed by atoms with Gasteiger partial charge in [-0.1, -0.05) is 10.8 Å². The molecule has 0 atom stereocenters. The molecular weight excluding hydrogens is 224 g/mol. The second-order valence-electron chi connectivity index (χ2n) is 0.183. The van der Waals surface area contributed by atoms with Crippen molar-refractivity contribution in [1.29, 1.82) is 10.5 Å². The molecule has 7 heavy (non-hydrogen) atoms. The molecule has 0 aliphatic heterocycles. The molecule has 0 aromatic rings. The Hall–Kier alpha value is 0.160. The number of hydrogen-bond donors (Lipinski definition) is 0. The zero-order valence-corrected chi connectivity index (χ0v) is 6.13. The molecule has 0 spiro atoms. The fourth-order valence-corrected chi connectivity index (χ4v) is 0. The van der Waals surface area contributed by atoms with Crippen LogP contribution >= 0.6 is 0 Å². The van der Waals surface area contributed by atoms with Crippen molar-refractivity contribution in [2.45, 2.75) is 0 Å². The first-order valence-electron chi connectivity index (χ1n) is 0.855. The predicted octanol–water partition coefficient (Wildman–Crippen LogP) is 0.0263. The van der Waals surface area contributed by atoms with Gasteiger partial charge in [0.05, 0.1) is 0 Å². The summed E-state index contributed by atoms with van der Waals surface area (Å²) < 4.78 is 0. The van der Waals surface area contributed by atoms with Gasteiger partial charge >= 0.3 is 22.4 Å². The molecule has 0 aliphatic rings. The van der Waals surface area contributed by atoms with Crippen LogP contribution in [0, 0.1) is 21.3 Å². The van der Waals surface area contributed by atoms with Crippen LogP contribution in [0.1, 0.15) is 0 Å². The molecule has 0 aromatic carbocycles. The zero-order chi connectivity index (χ0) is 5.41. The molecule has 0 N–H and O–H groups in total. The van der Waals surface area contributed by atoms with E-state index in [0.717, 1.165) is 0 Å². The topological polar surface area (TPSA) is 47.6 Å². The van der Waals surface area contributed by atoms with Gasteiger partial charge in [-0.25, -0.2) is 10.5 Å². The van der Waals surface area contributed by atoms with E-state index < -0.39 is 0 Å². The van der Waals surface area contributed by atoms with E-state index in [-0.39, 0.29) is 22.4 Å². The molecule has 0 amide bonds. The van der Waals surface area contributed by atoms with Crippen molar-refractivity contribution in [1.82, 2.24) is 0 Å². The van der Waals surface area contributed by atoms with Crippen molar-refractivity contribution in [3.63, 3.8) is 0 Å². The van der Waals surface area contributed by atoms with Crippen molar-refractivity contribution in [2.24, 2.45) is 0 Å². The standard InChI is InChI=1S/2CHNS.Ag/c2*2-1-3;/h2*3H;/q;;+1/p-2. The fraction of sp³-hybridized carbons (Fsp3) is 0. The van der Waals surface area contributed by atoms with Crippen molar-refractivity contribution in [2.75, 3.05) is 0 Å². The van der Waals surface area contributed by atoms with E-state index in [1.165, 1.54) is 10.8 Å². The van der Waals surface area contributed by atoms with Gasteiger partial charge in [-0.15, -0.1) is 0 Å². The van der Waals surface area contributed by atoms with Crippen LogP contribution in [-0.2, 0) is 47.6 Å². The van der Waals surface area contributed by atoms with Crippen molar-refractivity contribution < 1.29 is 22.4 Å². The van der Waals surface area contributed by atoms with Crippen LogP contribution in [0.3, 0.4) is 0 Å². The van der Waals surface area contributed by atoms with Gasteiger partial charge in [0.25, 0.3) is 0 Å². The van der Waals surface area contributed by atoms with Crippen LogP contribution in [-0.4, -0.2) is 0 Å². The Kier molecular flexibility index (Phi) is 78.8. The Morgan fingerprint density at radius 3 is 1.00 bits per heavy atom. The third-order valence-corrected chi connectivity index (χ3v) is 0. The summed E-state index contributed by atoms with van der Waals surface area (Å²) in [6.07, 6.45) is 0. The van der Waals surface area contributed by atoms with E-state index in [1.807, 2.05) is 0 Å². The smallest absolute Gasteiger partial charge is 0.696 e.